The van der Waals surface area contributed by atoms with E-state index in [4.69, 9.17) is 16.3 Å². The van der Waals surface area contributed by atoms with Gasteiger partial charge in [0.15, 0.2) is 0 Å². The lowest BCUT2D eigenvalue weighted by atomic mass is 10.2. The molecule has 0 fully saturated rings. The minimum absolute atomic E-state index is 0.0537. The van der Waals surface area contributed by atoms with Gasteiger partial charge < -0.3 is 10.1 Å². The first-order chi connectivity index (χ1) is 7.17. The zero-order valence-electron chi connectivity index (χ0n) is 8.89. The molecule has 1 unspecified atom stereocenters. The van der Waals surface area contributed by atoms with E-state index < -0.39 is 0 Å². The molecular weight excluding hydrogens is 217 g/mol. The van der Waals surface area contributed by atoms with Gasteiger partial charge in [-0.05, 0) is 31.7 Å². The molecule has 1 aromatic carbocycles. The molecule has 0 bridgehead atoms. The fourth-order valence-corrected chi connectivity index (χ4v) is 1.46. The highest BCUT2D eigenvalue weighted by molar-refractivity contribution is 6.32. The summed E-state index contributed by atoms with van der Waals surface area (Å²) in [6.45, 7) is 2.77. The minimum Gasteiger partial charge on any atom is -0.488 e. The van der Waals surface area contributed by atoms with Crippen LogP contribution >= 0.6 is 11.6 Å². The molecule has 0 aliphatic heterocycles. The van der Waals surface area contributed by atoms with E-state index in [1.165, 1.54) is 12.1 Å². The molecule has 0 aliphatic carbocycles. The highest BCUT2D eigenvalue weighted by atomic mass is 35.5. The third-order valence-corrected chi connectivity index (χ3v) is 2.37. The Morgan fingerprint density at radius 3 is 2.80 bits per heavy atom. The summed E-state index contributed by atoms with van der Waals surface area (Å²) < 4.78 is 18.4. The predicted octanol–water partition coefficient (Wildman–Crippen LogP) is 2.86. The van der Waals surface area contributed by atoms with E-state index in [0.29, 0.717) is 10.8 Å². The van der Waals surface area contributed by atoms with Gasteiger partial charge in [0.2, 0.25) is 0 Å². The summed E-state index contributed by atoms with van der Waals surface area (Å²) in [5, 5.41) is 3.34. The van der Waals surface area contributed by atoms with Gasteiger partial charge in [-0.2, -0.15) is 0 Å². The maximum atomic E-state index is 12.8. The van der Waals surface area contributed by atoms with Gasteiger partial charge in [-0.15, -0.1) is 0 Å². The largest absolute Gasteiger partial charge is 0.488 e. The fourth-order valence-electron chi connectivity index (χ4n) is 1.25. The average molecular weight is 232 g/mol. The van der Waals surface area contributed by atoms with Crippen molar-refractivity contribution in [3.63, 3.8) is 0 Å². The number of likely N-dealkylation sites (N-methyl/N-ethyl adjacent to an activating group) is 1. The Labute approximate surface area is 94.4 Å². The lowest BCUT2D eigenvalue weighted by molar-refractivity contribution is 0.196. The Hall–Kier alpha value is -0.800. The van der Waals surface area contributed by atoms with Gasteiger partial charge in [0.05, 0.1) is 5.02 Å². The van der Waals surface area contributed by atoms with Crippen molar-refractivity contribution >= 4 is 11.6 Å². The van der Waals surface area contributed by atoms with Gasteiger partial charge in [0.1, 0.15) is 17.7 Å². The zero-order chi connectivity index (χ0) is 11.3. The molecule has 1 rings (SSSR count). The third kappa shape index (κ3) is 3.68. The van der Waals surface area contributed by atoms with Gasteiger partial charge in [0.25, 0.3) is 0 Å². The second-order valence-corrected chi connectivity index (χ2v) is 3.69. The summed E-state index contributed by atoms with van der Waals surface area (Å²) >= 11 is 5.85. The molecule has 0 saturated heterocycles. The number of benzene rings is 1. The molecule has 1 atom stereocenters. The number of nitrogens with one attached hydrogen (secondary N) is 1. The van der Waals surface area contributed by atoms with E-state index in [-0.39, 0.29) is 11.9 Å². The number of rotatable bonds is 5. The summed E-state index contributed by atoms with van der Waals surface area (Å²) in [6, 6.07) is 4.15. The number of halogens is 2. The smallest absolute Gasteiger partial charge is 0.138 e. The molecule has 15 heavy (non-hydrogen) atoms. The first-order valence-corrected chi connectivity index (χ1v) is 5.31. The third-order valence-electron chi connectivity index (χ3n) is 2.07. The Kier molecular flexibility index (Phi) is 4.85. The summed E-state index contributed by atoms with van der Waals surface area (Å²) in [5.41, 5.74) is 0. The maximum absolute atomic E-state index is 12.8. The van der Waals surface area contributed by atoms with E-state index in [1.807, 2.05) is 14.0 Å². The summed E-state index contributed by atoms with van der Waals surface area (Å²) in [4.78, 5) is 0. The maximum Gasteiger partial charge on any atom is 0.138 e. The van der Waals surface area contributed by atoms with Crippen LogP contribution in [0.15, 0.2) is 18.2 Å². The average Bonchev–Trinajstić information content (AvgIpc) is 2.21. The molecule has 0 spiro atoms. The Morgan fingerprint density at radius 1 is 1.53 bits per heavy atom. The first-order valence-electron chi connectivity index (χ1n) is 4.93. The topological polar surface area (TPSA) is 21.3 Å². The molecule has 4 heteroatoms. The van der Waals surface area contributed by atoms with Crippen LogP contribution in [0.25, 0.3) is 0 Å². The van der Waals surface area contributed by atoms with Crippen molar-refractivity contribution < 1.29 is 9.13 Å². The van der Waals surface area contributed by atoms with Gasteiger partial charge in [-0.25, -0.2) is 4.39 Å². The van der Waals surface area contributed by atoms with Crippen molar-refractivity contribution in [1.82, 2.24) is 5.32 Å². The lowest BCUT2D eigenvalue weighted by Crippen LogP contribution is -2.28. The second-order valence-electron chi connectivity index (χ2n) is 3.28. The van der Waals surface area contributed by atoms with Crippen molar-refractivity contribution in [1.29, 1.82) is 0 Å². The molecule has 1 N–H and O–H groups in total. The van der Waals surface area contributed by atoms with Crippen LogP contribution in [0.4, 0.5) is 4.39 Å². The lowest BCUT2D eigenvalue weighted by Gasteiger charge is -2.17. The standard InChI is InChI=1S/C11H15ClFNO/c1-3-9(7-14-2)15-11-5-4-8(13)6-10(11)12/h4-6,9,14H,3,7H2,1-2H3. The van der Waals surface area contributed by atoms with Crippen LogP contribution in [0.5, 0.6) is 5.75 Å². The van der Waals surface area contributed by atoms with Gasteiger partial charge in [-0.1, -0.05) is 18.5 Å². The second kappa shape index (κ2) is 5.93. The highest BCUT2D eigenvalue weighted by Gasteiger charge is 2.09. The number of hydrogen-bond acceptors (Lipinski definition) is 2. The Morgan fingerprint density at radius 2 is 2.27 bits per heavy atom. The fraction of sp³-hybridized carbons (Fsp3) is 0.455. The van der Waals surface area contributed by atoms with Gasteiger partial charge in [0, 0.05) is 6.54 Å². The van der Waals surface area contributed by atoms with E-state index >= 15 is 0 Å². The van der Waals surface area contributed by atoms with Crippen LogP contribution < -0.4 is 10.1 Å². The van der Waals surface area contributed by atoms with Crippen LogP contribution in [0, 0.1) is 5.82 Å². The van der Waals surface area contributed by atoms with Crippen molar-refractivity contribution in [2.24, 2.45) is 0 Å². The quantitative estimate of drug-likeness (QED) is 0.842. The van der Waals surface area contributed by atoms with Crippen molar-refractivity contribution in [3.05, 3.63) is 29.0 Å². The summed E-state index contributed by atoms with van der Waals surface area (Å²) in [7, 11) is 1.86. The molecule has 84 valence electrons. The molecular formula is C11H15ClFNO. The number of ether oxygens (including phenoxy) is 1. The summed E-state index contributed by atoms with van der Waals surface area (Å²) in [5.74, 6) is 0.175. The SMILES string of the molecule is CCC(CNC)Oc1ccc(F)cc1Cl. The predicted molar refractivity (Wildman–Crippen MR) is 60.0 cm³/mol. The van der Waals surface area contributed by atoms with Crippen LogP contribution in [-0.2, 0) is 0 Å². The van der Waals surface area contributed by atoms with Crippen molar-refractivity contribution in [2.45, 2.75) is 19.4 Å². The van der Waals surface area contributed by atoms with Crippen LogP contribution in [0.1, 0.15) is 13.3 Å². The van der Waals surface area contributed by atoms with Crippen LogP contribution in [-0.4, -0.2) is 19.7 Å². The van der Waals surface area contributed by atoms with E-state index in [0.717, 1.165) is 13.0 Å². The van der Waals surface area contributed by atoms with Crippen molar-refractivity contribution in [2.75, 3.05) is 13.6 Å². The van der Waals surface area contributed by atoms with Gasteiger partial charge >= 0.3 is 0 Å². The molecule has 0 aliphatic rings. The molecule has 1 aromatic rings. The van der Waals surface area contributed by atoms with E-state index in [9.17, 15) is 4.39 Å². The Bertz CT molecular complexity index is 319. The molecule has 0 saturated carbocycles. The Balaban J connectivity index is 2.70. The summed E-state index contributed by atoms with van der Waals surface area (Å²) in [6.07, 6.45) is 0.923. The normalized spacial score (nSPS) is 12.5. The molecule has 0 aromatic heterocycles. The minimum atomic E-state index is -0.353. The van der Waals surface area contributed by atoms with E-state index in [2.05, 4.69) is 5.32 Å². The first kappa shape index (κ1) is 12.3. The van der Waals surface area contributed by atoms with E-state index in [1.54, 1.807) is 6.07 Å². The van der Waals surface area contributed by atoms with Crippen LogP contribution in [0.3, 0.4) is 0 Å². The monoisotopic (exact) mass is 231 g/mol. The highest BCUT2D eigenvalue weighted by Crippen LogP contribution is 2.26. The van der Waals surface area contributed by atoms with Gasteiger partial charge in [-0.3, -0.25) is 0 Å². The molecule has 0 heterocycles. The number of hydrogen-bond donors (Lipinski definition) is 1. The molecule has 2 nitrogen and oxygen atoms in total. The zero-order valence-corrected chi connectivity index (χ0v) is 9.64. The molecule has 0 radical (unpaired) electrons. The molecule has 0 amide bonds. The van der Waals surface area contributed by atoms with Crippen LogP contribution in [0.2, 0.25) is 5.02 Å². The van der Waals surface area contributed by atoms with Crippen molar-refractivity contribution in [3.8, 4) is 5.75 Å².